The fourth-order valence-corrected chi connectivity index (χ4v) is 2.32. The van der Waals surface area contributed by atoms with Gasteiger partial charge in [-0.1, -0.05) is 0 Å². The van der Waals surface area contributed by atoms with Gasteiger partial charge in [-0.3, -0.25) is 5.43 Å². The molecule has 1 saturated heterocycles. The van der Waals surface area contributed by atoms with Crippen LogP contribution in [0, 0.1) is 5.92 Å². The zero-order valence-electron chi connectivity index (χ0n) is 11.9. The molecule has 18 heavy (non-hydrogen) atoms. The van der Waals surface area contributed by atoms with Crippen LogP contribution in [-0.4, -0.2) is 69.8 Å². The molecule has 0 atom stereocenters. The second kappa shape index (κ2) is 8.29. The highest BCUT2D eigenvalue weighted by molar-refractivity contribution is 5.79. The van der Waals surface area contributed by atoms with E-state index in [1.807, 2.05) is 0 Å². The number of hydrazine groups is 1. The zero-order chi connectivity index (χ0) is 13.4. The predicted molar refractivity (Wildman–Crippen MR) is 74.4 cm³/mol. The van der Waals surface area contributed by atoms with Gasteiger partial charge in [0.25, 0.3) is 0 Å². The molecule has 6 heteroatoms. The number of hydrogen-bond donors (Lipinski definition) is 2. The standard InChI is InChI=1S/C12H27N5O/c1-16(2)10-11-4-7-17(8-5-11)12(15-13)14-6-9-18-3/h11H,4-10,13H2,1-3H3,(H,14,15). The SMILES string of the molecule is COCCN=C(NN)N1CCC(CN(C)C)CC1. The third kappa shape index (κ3) is 5.20. The van der Waals surface area contributed by atoms with Gasteiger partial charge in [-0.15, -0.1) is 0 Å². The largest absolute Gasteiger partial charge is 0.383 e. The quantitative estimate of drug-likeness (QED) is 0.233. The molecule has 0 aromatic heterocycles. The number of methoxy groups -OCH3 is 1. The number of guanidine groups is 1. The summed E-state index contributed by atoms with van der Waals surface area (Å²) in [6.45, 7) is 4.49. The first-order valence-corrected chi connectivity index (χ1v) is 6.57. The van der Waals surface area contributed by atoms with Crippen molar-refractivity contribution < 1.29 is 4.74 Å². The van der Waals surface area contributed by atoms with Gasteiger partial charge >= 0.3 is 0 Å². The van der Waals surface area contributed by atoms with Crippen molar-refractivity contribution >= 4 is 5.96 Å². The first-order valence-electron chi connectivity index (χ1n) is 6.57. The fraction of sp³-hybridized carbons (Fsp3) is 0.917. The Morgan fingerprint density at radius 1 is 1.44 bits per heavy atom. The molecule has 0 aliphatic carbocycles. The lowest BCUT2D eigenvalue weighted by molar-refractivity contribution is 0.204. The summed E-state index contributed by atoms with van der Waals surface area (Å²) in [4.78, 5) is 8.90. The van der Waals surface area contributed by atoms with Crippen LogP contribution in [-0.2, 0) is 4.74 Å². The van der Waals surface area contributed by atoms with Crippen LogP contribution in [0.3, 0.4) is 0 Å². The van der Waals surface area contributed by atoms with Gasteiger partial charge < -0.3 is 14.5 Å². The number of likely N-dealkylation sites (tertiary alicyclic amines) is 1. The van der Waals surface area contributed by atoms with E-state index in [9.17, 15) is 0 Å². The zero-order valence-corrected chi connectivity index (χ0v) is 11.9. The van der Waals surface area contributed by atoms with E-state index < -0.39 is 0 Å². The van der Waals surface area contributed by atoms with Gasteiger partial charge in [-0.05, 0) is 32.9 Å². The highest BCUT2D eigenvalue weighted by Gasteiger charge is 2.21. The van der Waals surface area contributed by atoms with Crippen LogP contribution >= 0.6 is 0 Å². The normalized spacial score (nSPS) is 18.5. The number of nitrogens with one attached hydrogen (secondary N) is 1. The number of nitrogens with zero attached hydrogens (tertiary/aromatic N) is 3. The van der Waals surface area contributed by atoms with E-state index in [0.29, 0.717) is 13.2 Å². The van der Waals surface area contributed by atoms with Gasteiger partial charge in [-0.2, -0.15) is 0 Å². The average molecular weight is 257 g/mol. The van der Waals surface area contributed by atoms with E-state index in [1.54, 1.807) is 7.11 Å². The first kappa shape index (κ1) is 15.2. The minimum absolute atomic E-state index is 0.627. The molecule has 1 rings (SSSR count). The number of piperidine rings is 1. The van der Waals surface area contributed by atoms with Gasteiger partial charge in [0.2, 0.25) is 5.96 Å². The molecule has 6 nitrogen and oxygen atoms in total. The average Bonchev–Trinajstić information content (AvgIpc) is 2.35. The second-order valence-corrected chi connectivity index (χ2v) is 5.04. The van der Waals surface area contributed by atoms with Crippen molar-refractivity contribution in [3.8, 4) is 0 Å². The summed E-state index contributed by atoms with van der Waals surface area (Å²) >= 11 is 0. The maximum atomic E-state index is 5.53. The van der Waals surface area contributed by atoms with Gasteiger partial charge in [-0.25, -0.2) is 10.8 Å². The van der Waals surface area contributed by atoms with Crippen molar-refractivity contribution in [2.45, 2.75) is 12.8 Å². The Morgan fingerprint density at radius 2 is 2.11 bits per heavy atom. The van der Waals surface area contributed by atoms with Gasteiger partial charge in [0.1, 0.15) is 0 Å². The fourth-order valence-electron chi connectivity index (χ4n) is 2.32. The summed E-state index contributed by atoms with van der Waals surface area (Å²) in [6, 6.07) is 0. The molecule has 1 aliphatic heterocycles. The molecule has 0 amide bonds. The van der Waals surface area contributed by atoms with E-state index in [-0.39, 0.29) is 0 Å². The lowest BCUT2D eigenvalue weighted by Gasteiger charge is -2.34. The van der Waals surface area contributed by atoms with E-state index >= 15 is 0 Å². The van der Waals surface area contributed by atoms with Crippen LogP contribution in [0.15, 0.2) is 4.99 Å². The minimum Gasteiger partial charge on any atom is -0.383 e. The van der Waals surface area contributed by atoms with E-state index in [1.165, 1.54) is 19.4 Å². The smallest absolute Gasteiger partial charge is 0.208 e. The van der Waals surface area contributed by atoms with Crippen molar-refractivity contribution in [2.75, 3.05) is 54.0 Å². The van der Waals surface area contributed by atoms with Crippen molar-refractivity contribution in [2.24, 2.45) is 16.8 Å². The summed E-state index contributed by atoms with van der Waals surface area (Å²) in [7, 11) is 5.94. The molecule has 0 spiro atoms. The lowest BCUT2D eigenvalue weighted by atomic mass is 9.97. The molecule has 0 aromatic rings. The molecule has 0 aromatic carbocycles. The second-order valence-electron chi connectivity index (χ2n) is 5.04. The van der Waals surface area contributed by atoms with Gasteiger partial charge in [0, 0.05) is 26.7 Å². The summed E-state index contributed by atoms with van der Waals surface area (Å²) in [5, 5.41) is 0. The number of hydrogen-bond acceptors (Lipinski definition) is 4. The van der Waals surface area contributed by atoms with Crippen molar-refractivity contribution in [3.05, 3.63) is 0 Å². The van der Waals surface area contributed by atoms with Crippen LogP contribution in [0.5, 0.6) is 0 Å². The Bertz CT molecular complexity index is 249. The van der Waals surface area contributed by atoms with Crippen LogP contribution < -0.4 is 11.3 Å². The van der Waals surface area contributed by atoms with Crippen molar-refractivity contribution in [1.29, 1.82) is 0 Å². The predicted octanol–water partition coefficient (Wildman–Crippen LogP) is -0.274. The van der Waals surface area contributed by atoms with Gasteiger partial charge in [0.05, 0.1) is 13.2 Å². The van der Waals surface area contributed by atoms with E-state index in [0.717, 1.165) is 25.0 Å². The van der Waals surface area contributed by atoms with Gasteiger partial charge in [0.15, 0.2) is 0 Å². The Morgan fingerprint density at radius 3 is 2.61 bits per heavy atom. The molecule has 0 radical (unpaired) electrons. The molecule has 106 valence electrons. The van der Waals surface area contributed by atoms with Crippen LogP contribution in [0.1, 0.15) is 12.8 Å². The molecule has 1 fully saturated rings. The Labute approximate surface area is 110 Å². The summed E-state index contributed by atoms with van der Waals surface area (Å²) in [6.07, 6.45) is 2.40. The number of rotatable bonds is 5. The Balaban J connectivity index is 2.37. The molecule has 0 saturated carbocycles. The summed E-state index contributed by atoms with van der Waals surface area (Å²) in [5.41, 5.74) is 2.70. The Hall–Kier alpha value is -0.850. The first-order chi connectivity index (χ1) is 8.67. The lowest BCUT2D eigenvalue weighted by Crippen LogP contribution is -2.49. The minimum atomic E-state index is 0.627. The molecule has 0 bridgehead atoms. The maximum absolute atomic E-state index is 5.53. The number of aliphatic imine (C=N–C) groups is 1. The molecule has 1 aliphatic rings. The third-order valence-corrected chi connectivity index (χ3v) is 3.22. The van der Waals surface area contributed by atoms with Crippen LogP contribution in [0.2, 0.25) is 0 Å². The summed E-state index contributed by atoms with van der Waals surface area (Å²) < 4.78 is 4.99. The van der Waals surface area contributed by atoms with E-state index in [4.69, 9.17) is 10.6 Å². The summed E-state index contributed by atoms with van der Waals surface area (Å²) in [5.74, 6) is 7.10. The van der Waals surface area contributed by atoms with E-state index in [2.05, 4.69) is 34.3 Å². The van der Waals surface area contributed by atoms with Crippen molar-refractivity contribution in [3.63, 3.8) is 0 Å². The highest BCUT2D eigenvalue weighted by Crippen LogP contribution is 2.17. The third-order valence-electron chi connectivity index (χ3n) is 3.22. The maximum Gasteiger partial charge on any atom is 0.208 e. The monoisotopic (exact) mass is 257 g/mol. The van der Waals surface area contributed by atoms with Crippen LogP contribution in [0.25, 0.3) is 0 Å². The molecule has 3 N–H and O–H groups in total. The number of ether oxygens (including phenoxy) is 1. The van der Waals surface area contributed by atoms with Crippen molar-refractivity contribution in [1.82, 2.24) is 15.2 Å². The Kier molecular flexibility index (Phi) is 7.00. The highest BCUT2D eigenvalue weighted by atomic mass is 16.5. The number of nitrogens with two attached hydrogens (primary N) is 1. The topological polar surface area (TPSA) is 66.1 Å². The molecule has 1 heterocycles. The molecular weight excluding hydrogens is 230 g/mol. The van der Waals surface area contributed by atoms with Crippen LogP contribution in [0.4, 0.5) is 0 Å². The molecular formula is C12H27N5O. The molecule has 0 unspecified atom stereocenters.